The smallest absolute Gasteiger partial charge is 0.270 e. The van der Waals surface area contributed by atoms with Crippen molar-refractivity contribution in [2.24, 2.45) is 4.99 Å². The lowest BCUT2D eigenvalue weighted by Gasteiger charge is -2.29. The molecule has 30 heavy (non-hydrogen) atoms. The van der Waals surface area contributed by atoms with E-state index in [2.05, 4.69) is 32.6 Å². The van der Waals surface area contributed by atoms with Crippen LogP contribution in [0.2, 0.25) is 0 Å². The van der Waals surface area contributed by atoms with Crippen LogP contribution < -0.4 is 10.2 Å². The Morgan fingerprint density at radius 3 is 2.70 bits per heavy atom. The van der Waals surface area contributed by atoms with E-state index in [1.165, 1.54) is 12.8 Å². The number of alkyl halides is 2. The Morgan fingerprint density at radius 2 is 1.93 bits per heavy atom. The number of benzene rings is 1. The van der Waals surface area contributed by atoms with E-state index in [4.69, 9.17) is 0 Å². The van der Waals surface area contributed by atoms with Crippen LogP contribution in [0, 0.1) is 0 Å². The Hall–Kier alpha value is -2.77. The minimum Gasteiger partial charge on any atom is -0.348 e. The molecule has 0 spiro atoms. The summed E-state index contributed by atoms with van der Waals surface area (Å²) in [6, 6.07) is 6.40. The number of nitrogens with zero attached hydrogens (tertiary/aromatic N) is 4. The van der Waals surface area contributed by atoms with Gasteiger partial charge >= 0.3 is 0 Å². The number of nitrogens with one attached hydrogen (secondary N) is 1. The standard InChI is InChI=1S/C22H23F2N5O/c23-22(24)7-5-15(6-8-22)26-21(30)20-17-9-13(1-4-18(17)28-12-19(28)27-20)14-10-25-29(11-14)16-2-3-16/h1,4,9-11,15-16,19H,2-3,5-8,12H2,(H,26,30). The normalized spacial score (nSPS) is 24.7. The molecule has 1 atom stereocenters. The summed E-state index contributed by atoms with van der Waals surface area (Å²) >= 11 is 0. The lowest BCUT2D eigenvalue weighted by atomic mass is 9.92. The third kappa shape index (κ3) is 3.18. The molecular weight excluding hydrogens is 388 g/mol. The Bertz CT molecular complexity index is 1050. The van der Waals surface area contributed by atoms with Crippen molar-refractivity contribution in [3.8, 4) is 11.1 Å². The molecule has 4 aliphatic rings. The monoisotopic (exact) mass is 411 g/mol. The van der Waals surface area contributed by atoms with Crippen LogP contribution in [0.1, 0.15) is 50.1 Å². The fraction of sp³-hybridized carbons (Fsp3) is 0.500. The molecule has 2 aliphatic heterocycles. The third-order valence-electron chi connectivity index (χ3n) is 6.55. The molecule has 1 unspecified atom stereocenters. The lowest BCUT2D eigenvalue weighted by molar-refractivity contribution is -0.116. The molecule has 1 amide bonds. The highest BCUT2D eigenvalue weighted by Gasteiger charge is 2.42. The van der Waals surface area contributed by atoms with Crippen LogP contribution in [0.15, 0.2) is 35.6 Å². The number of anilines is 1. The van der Waals surface area contributed by atoms with E-state index in [0.717, 1.165) is 28.9 Å². The maximum absolute atomic E-state index is 13.4. The number of hydrogen-bond donors (Lipinski definition) is 1. The number of aliphatic imine (C=N–C) groups is 1. The number of hydrogen-bond acceptors (Lipinski definition) is 4. The number of carbonyl (C=O) groups is 1. The average molecular weight is 411 g/mol. The first-order valence-electron chi connectivity index (χ1n) is 10.7. The van der Waals surface area contributed by atoms with E-state index < -0.39 is 5.92 Å². The van der Waals surface area contributed by atoms with Crippen molar-refractivity contribution in [3.63, 3.8) is 0 Å². The van der Waals surface area contributed by atoms with Crippen molar-refractivity contribution < 1.29 is 13.6 Å². The highest BCUT2D eigenvalue weighted by atomic mass is 19.3. The first-order chi connectivity index (χ1) is 14.5. The van der Waals surface area contributed by atoms with Crippen LogP contribution in [0.25, 0.3) is 11.1 Å². The van der Waals surface area contributed by atoms with Crippen LogP contribution in [-0.4, -0.2) is 46.1 Å². The van der Waals surface area contributed by atoms with Gasteiger partial charge in [0.1, 0.15) is 11.9 Å². The van der Waals surface area contributed by atoms with Crippen LogP contribution in [0.4, 0.5) is 14.5 Å². The van der Waals surface area contributed by atoms with E-state index in [1.807, 2.05) is 23.0 Å². The highest BCUT2D eigenvalue weighted by molar-refractivity contribution is 6.47. The molecule has 2 saturated carbocycles. The molecule has 156 valence electrons. The van der Waals surface area contributed by atoms with Crippen molar-refractivity contribution >= 4 is 17.3 Å². The van der Waals surface area contributed by atoms with E-state index in [9.17, 15) is 13.6 Å². The van der Waals surface area contributed by atoms with Crippen molar-refractivity contribution in [1.82, 2.24) is 15.1 Å². The molecule has 1 N–H and O–H groups in total. The second-order valence-corrected chi connectivity index (χ2v) is 8.89. The number of aromatic nitrogens is 2. The Kier molecular flexibility index (Phi) is 3.82. The minimum atomic E-state index is -2.61. The molecular formula is C22H23F2N5O. The summed E-state index contributed by atoms with van der Waals surface area (Å²) in [6.07, 6.45) is 6.53. The minimum absolute atomic E-state index is 0.0115. The maximum Gasteiger partial charge on any atom is 0.270 e. The summed E-state index contributed by atoms with van der Waals surface area (Å²) in [5.74, 6) is -2.87. The van der Waals surface area contributed by atoms with Gasteiger partial charge in [-0.3, -0.25) is 14.5 Å². The van der Waals surface area contributed by atoms with Crippen molar-refractivity contribution in [3.05, 3.63) is 36.2 Å². The van der Waals surface area contributed by atoms with Crippen LogP contribution in [0.5, 0.6) is 0 Å². The summed E-state index contributed by atoms with van der Waals surface area (Å²) in [4.78, 5) is 19.8. The molecule has 1 aromatic carbocycles. The summed E-state index contributed by atoms with van der Waals surface area (Å²) in [6.45, 7) is 0.804. The first-order valence-corrected chi connectivity index (χ1v) is 10.7. The quantitative estimate of drug-likeness (QED) is 0.783. The molecule has 6 nitrogen and oxygen atoms in total. The van der Waals surface area contributed by atoms with Gasteiger partial charge in [0.15, 0.2) is 0 Å². The fourth-order valence-electron chi connectivity index (χ4n) is 4.52. The summed E-state index contributed by atoms with van der Waals surface area (Å²) < 4.78 is 28.9. The van der Waals surface area contributed by atoms with E-state index in [0.29, 0.717) is 24.6 Å². The Labute approximate surface area is 173 Å². The molecule has 6 rings (SSSR count). The van der Waals surface area contributed by atoms with Gasteiger partial charge in [-0.25, -0.2) is 8.78 Å². The topological polar surface area (TPSA) is 62.3 Å². The van der Waals surface area contributed by atoms with Crippen LogP contribution in [-0.2, 0) is 4.79 Å². The van der Waals surface area contributed by atoms with Gasteiger partial charge in [0.05, 0.1) is 18.8 Å². The molecule has 8 heteroatoms. The van der Waals surface area contributed by atoms with E-state index in [1.54, 1.807) is 0 Å². The molecule has 3 heterocycles. The Morgan fingerprint density at radius 1 is 1.13 bits per heavy atom. The zero-order valence-electron chi connectivity index (χ0n) is 16.5. The third-order valence-corrected chi connectivity index (χ3v) is 6.55. The van der Waals surface area contributed by atoms with Gasteiger partial charge < -0.3 is 10.2 Å². The van der Waals surface area contributed by atoms with Gasteiger partial charge in [-0.1, -0.05) is 6.07 Å². The second-order valence-electron chi connectivity index (χ2n) is 8.89. The molecule has 0 bridgehead atoms. The van der Waals surface area contributed by atoms with Gasteiger partial charge in [0, 0.05) is 41.9 Å². The van der Waals surface area contributed by atoms with Crippen molar-refractivity contribution in [2.45, 2.75) is 62.7 Å². The number of rotatable bonds is 4. The number of amides is 1. The molecule has 1 aromatic heterocycles. The van der Waals surface area contributed by atoms with E-state index >= 15 is 0 Å². The van der Waals surface area contributed by atoms with Gasteiger partial charge in [-0.2, -0.15) is 5.10 Å². The largest absolute Gasteiger partial charge is 0.348 e. The Balaban J connectivity index is 1.26. The van der Waals surface area contributed by atoms with Gasteiger partial charge in [-0.05, 0) is 43.4 Å². The predicted octanol–water partition coefficient (Wildman–Crippen LogP) is 3.53. The van der Waals surface area contributed by atoms with Crippen LogP contribution in [0.3, 0.4) is 0 Å². The number of carbonyl (C=O) groups excluding carboxylic acids is 1. The molecule has 0 radical (unpaired) electrons. The van der Waals surface area contributed by atoms with Crippen molar-refractivity contribution in [1.29, 1.82) is 0 Å². The summed E-state index contributed by atoms with van der Waals surface area (Å²) in [5.41, 5.74) is 4.25. The average Bonchev–Trinajstić information content (AvgIpc) is 3.66. The van der Waals surface area contributed by atoms with Gasteiger partial charge in [-0.15, -0.1) is 0 Å². The first kappa shape index (κ1) is 18.0. The van der Waals surface area contributed by atoms with Gasteiger partial charge in [0.25, 0.3) is 5.91 Å². The highest BCUT2D eigenvalue weighted by Crippen LogP contribution is 2.40. The summed E-state index contributed by atoms with van der Waals surface area (Å²) in [5, 5.41) is 7.42. The summed E-state index contributed by atoms with van der Waals surface area (Å²) in [7, 11) is 0. The zero-order chi connectivity index (χ0) is 20.5. The molecule has 1 saturated heterocycles. The lowest BCUT2D eigenvalue weighted by Crippen LogP contribution is -2.44. The molecule has 3 fully saturated rings. The van der Waals surface area contributed by atoms with Crippen LogP contribution >= 0.6 is 0 Å². The fourth-order valence-corrected chi connectivity index (χ4v) is 4.52. The SMILES string of the molecule is O=C(NC1CCC(F)(F)CC1)C1=NC2CN2c2ccc(-c3cnn(C4CC4)c3)cc21. The van der Waals surface area contributed by atoms with Crippen molar-refractivity contribution in [2.75, 3.05) is 11.4 Å². The molecule has 2 aromatic rings. The van der Waals surface area contributed by atoms with E-state index in [-0.39, 0.29) is 31.0 Å². The molecule has 2 aliphatic carbocycles. The number of halogens is 2. The number of fused-ring (bicyclic) bond motifs is 3. The zero-order valence-corrected chi connectivity index (χ0v) is 16.5. The maximum atomic E-state index is 13.4. The van der Waals surface area contributed by atoms with Gasteiger partial charge in [0.2, 0.25) is 5.92 Å². The predicted molar refractivity (Wildman–Crippen MR) is 109 cm³/mol. The second kappa shape index (κ2) is 6.36.